The molecule has 1 aliphatic carbocycles. The van der Waals surface area contributed by atoms with Crippen LogP contribution in [0.1, 0.15) is 26.7 Å². The number of allylic oxidation sites excluding steroid dienone is 5. The molecule has 2 aromatic heterocycles. The molecule has 5 rings (SSSR count). The van der Waals surface area contributed by atoms with E-state index in [4.69, 9.17) is 4.74 Å². The number of piperazine rings is 1. The predicted molar refractivity (Wildman–Crippen MR) is 155 cm³/mol. The Labute approximate surface area is 241 Å². The van der Waals surface area contributed by atoms with E-state index in [2.05, 4.69) is 42.4 Å². The largest absolute Gasteiger partial charge is 0.452 e. The summed E-state index contributed by atoms with van der Waals surface area (Å²) in [4.78, 5) is 41.3. The zero-order chi connectivity index (χ0) is 29.9. The lowest BCUT2D eigenvalue weighted by Gasteiger charge is -2.28. The molecule has 2 amide bonds. The van der Waals surface area contributed by atoms with Crippen molar-refractivity contribution in [2.45, 2.75) is 26.7 Å². The van der Waals surface area contributed by atoms with Crippen LogP contribution in [0.2, 0.25) is 0 Å². The van der Waals surface area contributed by atoms with Gasteiger partial charge in [0.2, 0.25) is 11.8 Å². The van der Waals surface area contributed by atoms with E-state index in [9.17, 15) is 14.0 Å². The van der Waals surface area contributed by atoms with E-state index in [0.29, 0.717) is 35.5 Å². The fraction of sp³-hybridized carbons (Fsp3) is 0.300. The number of carbonyl (C=O) groups excluding carboxylic acids is 2. The number of hydrogen-bond acceptors (Lipinski definition) is 8. The number of benzene rings is 1. The van der Waals surface area contributed by atoms with Crippen LogP contribution in [0.25, 0.3) is 11.2 Å². The van der Waals surface area contributed by atoms with Crippen molar-refractivity contribution < 1.29 is 23.1 Å². The lowest BCUT2D eigenvalue weighted by atomic mass is 10.0. The van der Waals surface area contributed by atoms with Crippen molar-refractivity contribution in [3.8, 4) is 11.5 Å². The summed E-state index contributed by atoms with van der Waals surface area (Å²) in [6.45, 7) is 9.95. The summed E-state index contributed by atoms with van der Waals surface area (Å²) in [5.74, 6) is -1.39. The van der Waals surface area contributed by atoms with Gasteiger partial charge in [-0.1, -0.05) is 6.58 Å². The van der Waals surface area contributed by atoms with Gasteiger partial charge in [0.25, 0.3) is 0 Å². The molecule has 0 unspecified atom stereocenters. The van der Waals surface area contributed by atoms with E-state index in [1.165, 1.54) is 37.4 Å². The molecule has 2 fully saturated rings. The number of amides is 2. The molecule has 1 aromatic carbocycles. The number of hydrogen-bond donors (Lipinski definition) is 3. The van der Waals surface area contributed by atoms with Gasteiger partial charge in [0.1, 0.15) is 17.1 Å². The van der Waals surface area contributed by atoms with Crippen LogP contribution in [0, 0.1) is 11.2 Å². The Hall–Kier alpha value is -4.71. The third kappa shape index (κ3) is 6.28. The summed E-state index contributed by atoms with van der Waals surface area (Å²) in [5.41, 5.74) is 0.282. The molecule has 0 bridgehead atoms. The Morgan fingerprint density at radius 2 is 1.86 bits per heavy atom. The lowest BCUT2D eigenvalue weighted by molar-refractivity contribution is -0.133. The minimum absolute atomic E-state index is 0.0804. The number of nitrogens with zero attached hydrogens (tertiary/aromatic N) is 4. The molecule has 10 nitrogen and oxygen atoms in total. The molecule has 1 saturated carbocycles. The Morgan fingerprint density at radius 1 is 1.10 bits per heavy atom. The fourth-order valence-electron chi connectivity index (χ4n) is 4.41. The number of anilines is 2. The molecule has 0 radical (unpaired) electrons. The van der Waals surface area contributed by atoms with Gasteiger partial charge in [0.15, 0.2) is 28.5 Å². The summed E-state index contributed by atoms with van der Waals surface area (Å²) < 4.78 is 34.6. The van der Waals surface area contributed by atoms with E-state index in [-0.39, 0.29) is 22.8 Å². The number of aromatic nitrogens is 3. The van der Waals surface area contributed by atoms with Gasteiger partial charge >= 0.3 is 0 Å². The molecule has 218 valence electrons. The van der Waals surface area contributed by atoms with Crippen LogP contribution in [0.3, 0.4) is 0 Å². The van der Waals surface area contributed by atoms with Crippen LogP contribution in [-0.4, -0.2) is 52.9 Å². The topological polar surface area (TPSA) is 121 Å². The lowest BCUT2D eigenvalue weighted by Crippen LogP contribution is -2.43. The average Bonchev–Trinajstić information content (AvgIpc) is 3.80. The quantitative estimate of drug-likeness (QED) is 0.251. The summed E-state index contributed by atoms with van der Waals surface area (Å²) in [6, 6.07) is 5.56. The molecule has 3 heterocycles. The number of fused-ring (bicyclic) bond motifs is 1. The first-order chi connectivity index (χ1) is 20.2. The van der Waals surface area contributed by atoms with E-state index in [1.54, 1.807) is 19.2 Å². The second kappa shape index (κ2) is 12.0. The van der Waals surface area contributed by atoms with Crippen molar-refractivity contribution in [3.63, 3.8) is 0 Å². The highest BCUT2D eigenvalue weighted by atomic mass is 19.1. The second-order valence-electron chi connectivity index (χ2n) is 10.3. The van der Waals surface area contributed by atoms with Crippen LogP contribution in [0.4, 0.5) is 20.3 Å². The molecule has 0 spiro atoms. The van der Waals surface area contributed by atoms with E-state index < -0.39 is 28.9 Å². The molecule has 42 heavy (non-hydrogen) atoms. The highest BCUT2D eigenvalue weighted by molar-refractivity contribution is 6.13. The first-order valence-electron chi connectivity index (χ1n) is 13.5. The number of rotatable bonds is 9. The van der Waals surface area contributed by atoms with Gasteiger partial charge < -0.3 is 25.6 Å². The summed E-state index contributed by atoms with van der Waals surface area (Å²) in [6.07, 6.45) is 6.43. The van der Waals surface area contributed by atoms with Crippen LogP contribution < -0.4 is 25.6 Å². The Morgan fingerprint density at radius 3 is 2.55 bits per heavy atom. The molecular formula is C30H31F2N7O3. The summed E-state index contributed by atoms with van der Waals surface area (Å²) in [7, 11) is 0. The van der Waals surface area contributed by atoms with Crippen molar-refractivity contribution in [2.75, 3.05) is 36.4 Å². The van der Waals surface area contributed by atoms with E-state index in [0.717, 1.165) is 32.2 Å². The maximum Gasteiger partial charge on any atom is 0.240 e. The smallest absolute Gasteiger partial charge is 0.240 e. The Kier molecular flexibility index (Phi) is 8.25. The Bertz CT molecular complexity index is 1610. The van der Waals surface area contributed by atoms with Crippen molar-refractivity contribution in [1.82, 2.24) is 25.6 Å². The summed E-state index contributed by atoms with van der Waals surface area (Å²) >= 11 is 0. The van der Waals surface area contributed by atoms with Gasteiger partial charge in [-0.05, 0) is 56.5 Å². The van der Waals surface area contributed by atoms with Gasteiger partial charge in [0.05, 0.1) is 6.20 Å². The molecule has 3 N–H and O–H groups in total. The second-order valence-corrected chi connectivity index (χ2v) is 10.3. The van der Waals surface area contributed by atoms with Crippen LogP contribution >= 0.6 is 0 Å². The minimum atomic E-state index is -1.28. The highest BCUT2D eigenvalue weighted by Gasteiger charge is 2.56. The van der Waals surface area contributed by atoms with Gasteiger partial charge in [-0.15, -0.1) is 0 Å². The third-order valence-corrected chi connectivity index (χ3v) is 7.07. The highest BCUT2D eigenvalue weighted by Crippen LogP contribution is 2.47. The van der Waals surface area contributed by atoms with Gasteiger partial charge in [-0.3, -0.25) is 9.59 Å². The average molecular weight is 576 g/mol. The number of ether oxygens (including phenoxy) is 1. The van der Waals surface area contributed by atoms with Crippen LogP contribution in [0.15, 0.2) is 72.5 Å². The first-order valence-corrected chi connectivity index (χ1v) is 13.5. The van der Waals surface area contributed by atoms with Gasteiger partial charge in [-0.2, -0.15) is 0 Å². The first kappa shape index (κ1) is 28.8. The molecule has 0 atom stereocenters. The van der Waals surface area contributed by atoms with Gasteiger partial charge in [0, 0.05) is 55.9 Å². The fourth-order valence-corrected chi connectivity index (χ4v) is 4.41. The van der Waals surface area contributed by atoms with Crippen LogP contribution in [0.5, 0.6) is 11.5 Å². The van der Waals surface area contributed by atoms with Crippen molar-refractivity contribution >= 4 is 34.5 Å². The minimum Gasteiger partial charge on any atom is -0.452 e. The zero-order valence-electron chi connectivity index (χ0n) is 23.3. The van der Waals surface area contributed by atoms with E-state index >= 15 is 4.39 Å². The molecule has 3 aromatic rings. The normalized spacial score (nSPS) is 16.6. The standard InChI is InChI=1S/C30H31F2N7O3/c1-18(2)21(31)6-4-19(3)36-28(40)30(9-10-30)29(41)37-20-5-7-23(22(32)16-20)42-24-8-11-34-27-26(24)35-17-25(38-27)39-14-12-33-13-15-39/h4-8,11,16-17,33H,1,9-10,12-15H2,2-3H3,(H,36,40)(H,37,41)/b19-4+,21-6+. The molecular weight excluding hydrogens is 544 g/mol. The maximum absolute atomic E-state index is 15.1. The molecule has 1 saturated heterocycles. The number of carbonyl (C=O) groups is 2. The van der Waals surface area contributed by atoms with Crippen molar-refractivity contribution in [2.24, 2.45) is 5.41 Å². The van der Waals surface area contributed by atoms with E-state index in [1.807, 2.05) is 0 Å². The maximum atomic E-state index is 15.1. The zero-order valence-corrected chi connectivity index (χ0v) is 23.3. The number of halogens is 2. The Balaban J connectivity index is 1.25. The predicted octanol–water partition coefficient (Wildman–Crippen LogP) is 4.53. The number of nitrogens with one attached hydrogen (secondary N) is 3. The third-order valence-electron chi connectivity index (χ3n) is 7.07. The molecule has 12 heteroatoms. The van der Waals surface area contributed by atoms with Gasteiger partial charge in [-0.25, -0.2) is 23.7 Å². The molecule has 1 aliphatic heterocycles. The van der Waals surface area contributed by atoms with Crippen molar-refractivity contribution in [3.05, 3.63) is 78.3 Å². The molecule has 2 aliphatic rings. The number of pyridine rings is 1. The van der Waals surface area contributed by atoms with Crippen LogP contribution in [-0.2, 0) is 9.59 Å². The SMILES string of the molecule is C=C(C)/C(F)=C\C=C(/C)NC(=O)C1(C(=O)Nc2ccc(Oc3ccnc4nc(N5CCNCC5)cnc34)c(F)c2)CC1. The monoisotopic (exact) mass is 575 g/mol. The summed E-state index contributed by atoms with van der Waals surface area (Å²) in [5, 5.41) is 8.55. The van der Waals surface area contributed by atoms with Crippen molar-refractivity contribution in [1.29, 1.82) is 0 Å².